The number of rotatable bonds is 4. The van der Waals surface area contributed by atoms with Crippen LogP contribution < -0.4 is 4.74 Å². The molecule has 1 aliphatic heterocycles. The van der Waals surface area contributed by atoms with Crippen molar-refractivity contribution in [3.8, 4) is 5.75 Å². The molecule has 0 radical (unpaired) electrons. The predicted molar refractivity (Wildman–Crippen MR) is 76.2 cm³/mol. The Morgan fingerprint density at radius 1 is 1.00 bits per heavy atom. The Labute approximate surface area is 118 Å². The van der Waals surface area contributed by atoms with Gasteiger partial charge in [0.05, 0.1) is 13.2 Å². The van der Waals surface area contributed by atoms with Gasteiger partial charge in [-0.15, -0.1) is 0 Å². The first kappa shape index (κ1) is 12.9. The number of benzene rings is 2. The molecule has 3 nitrogen and oxygen atoms in total. The van der Waals surface area contributed by atoms with Crippen molar-refractivity contribution in [2.75, 3.05) is 13.2 Å². The Morgan fingerprint density at radius 3 is 2.35 bits per heavy atom. The highest BCUT2D eigenvalue weighted by atomic mass is 16.5. The zero-order valence-electron chi connectivity index (χ0n) is 11.1. The largest absolute Gasteiger partial charge is 0.488 e. The molecule has 1 heterocycles. The second-order valence-electron chi connectivity index (χ2n) is 4.82. The SMILES string of the molecule is O=C(c1ccccc1)c1ccc(OC2CCOC2)cc1. The molecule has 2 aromatic rings. The van der Waals surface area contributed by atoms with E-state index in [0.717, 1.165) is 18.8 Å². The maximum atomic E-state index is 12.2. The van der Waals surface area contributed by atoms with Gasteiger partial charge < -0.3 is 9.47 Å². The van der Waals surface area contributed by atoms with Crippen molar-refractivity contribution >= 4 is 5.78 Å². The summed E-state index contributed by atoms with van der Waals surface area (Å²) in [6, 6.07) is 16.6. The minimum Gasteiger partial charge on any atom is -0.488 e. The van der Waals surface area contributed by atoms with Gasteiger partial charge in [0.15, 0.2) is 5.78 Å². The normalized spacial score (nSPS) is 17.9. The topological polar surface area (TPSA) is 35.5 Å². The molecule has 102 valence electrons. The Hall–Kier alpha value is -2.13. The van der Waals surface area contributed by atoms with Crippen molar-refractivity contribution in [2.24, 2.45) is 0 Å². The van der Waals surface area contributed by atoms with Gasteiger partial charge in [-0.1, -0.05) is 30.3 Å². The van der Waals surface area contributed by atoms with Crippen molar-refractivity contribution in [3.63, 3.8) is 0 Å². The quantitative estimate of drug-likeness (QED) is 0.799. The van der Waals surface area contributed by atoms with E-state index >= 15 is 0 Å². The molecule has 3 rings (SSSR count). The van der Waals surface area contributed by atoms with Crippen LogP contribution in [-0.4, -0.2) is 25.1 Å². The van der Waals surface area contributed by atoms with E-state index in [4.69, 9.17) is 9.47 Å². The van der Waals surface area contributed by atoms with E-state index in [1.165, 1.54) is 0 Å². The van der Waals surface area contributed by atoms with Gasteiger partial charge in [-0.25, -0.2) is 0 Å². The molecule has 0 saturated carbocycles. The van der Waals surface area contributed by atoms with Crippen molar-refractivity contribution in [2.45, 2.75) is 12.5 Å². The third-order valence-corrected chi connectivity index (χ3v) is 3.34. The van der Waals surface area contributed by atoms with Gasteiger partial charge in [-0.3, -0.25) is 4.79 Å². The van der Waals surface area contributed by atoms with Crippen LogP contribution in [0.3, 0.4) is 0 Å². The summed E-state index contributed by atoms with van der Waals surface area (Å²) >= 11 is 0. The highest BCUT2D eigenvalue weighted by Gasteiger charge is 2.17. The van der Waals surface area contributed by atoms with E-state index in [1.807, 2.05) is 42.5 Å². The van der Waals surface area contributed by atoms with E-state index in [-0.39, 0.29) is 11.9 Å². The number of hydrogen-bond acceptors (Lipinski definition) is 3. The van der Waals surface area contributed by atoms with E-state index in [2.05, 4.69) is 0 Å². The van der Waals surface area contributed by atoms with Gasteiger partial charge in [-0.05, 0) is 24.3 Å². The third-order valence-electron chi connectivity index (χ3n) is 3.34. The molecule has 0 spiro atoms. The molecule has 0 aromatic heterocycles. The first-order chi connectivity index (χ1) is 9.83. The van der Waals surface area contributed by atoms with Crippen LogP contribution >= 0.6 is 0 Å². The number of ether oxygens (including phenoxy) is 2. The number of hydrogen-bond donors (Lipinski definition) is 0. The van der Waals surface area contributed by atoms with Gasteiger partial charge in [0.25, 0.3) is 0 Å². The highest BCUT2D eigenvalue weighted by molar-refractivity contribution is 6.08. The first-order valence-electron chi connectivity index (χ1n) is 6.77. The zero-order chi connectivity index (χ0) is 13.8. The second-order valence-corrected chi connectivity index (χ2v) is 4.82. The number of ketones is 1. The van der Waals surface area contributed by atoms with Crippen molar-refractivity contribution in [1.29, 1.82) is 0 Å². The van der Waals surface area contributed by atoms with E-state index in [1.54, 1.807) is 12.1 Å². The standard InChI is InChI=1S/C17H16O3/c18-17(13-4-2-1-3-5-13)14-6-8-15(9-7-14)20-16-10-11-19-12-16/h1-9,16H,10-12H2. The summed E-state index contributed by atoms with van der Waals surface area (Å²) in [4.78, 5) is 12.2. The third kappa shape index (κ3) is 2.89. The average Bonchev–Trinajstić information content (AvgIpc) is 3.01. The Kier molecular flexibility index (Phi) is 3.79. The number of carbonyl (C=O) groups is 1. The summed E-state index contributed by atoms with van der Waals surface area (Å²) in [5.74, 6) is 0.812. The van der Waals surface area contributed by atoms with Crippen LogP contribution in [0.15, 0.2) is 54.6 Å². The lowest BCUT2D eigenvalue weighted by Gasteiger charge is -2.11. The molecule has 0 aliphatic carbocycles. The lowest BCUT2D eigenvalue weighted by molar-refractivity contribution is 0.103. The van der Waals surface area contributed by atoms with Gasteiger partial charge in [-0.2, -0.15) is 0 Å². The van der Waals surface area contributed by atoms with Crippen LogP contribution in [0.1, 0.15) is 22.3 Å². The average molecular weight is 268 g/mol. The Bertz CT molecular complexity index is 569. The van der Waals surface area contributed by atoms with Gasteiger partial charge in [0.2, 0.25) is 0 Å². The molecule has 0 amide bonds. The molecule has 3 heteroatoms. The highest BCUT2D eigenvalue weighted by Crippen LogP contribution is 2.19. The lowest BCUT2D eigenvalue weighted by Crippen LogP contribution is -2.15. The van der Waals surface area contributed by atoms with Crippen LogP contribution in [0.25, 0.3) is 0 Å². The molecule has 1 unspecified atom stereocenters. The van der Waals surface area contributed by atoms with Crippen LogP contribution in [0.5, 0.6) is 5.75 Å². The first-order valence-corrected chi connectivity index (χ1v) is 6.77. The van der Waals surface area contributed by atoms with E-state index < -0.39 is 0 Å². The molecular weight excluding hydrogens is 252 g/mol. The molecule has 2 aromatic carbocycles. The van der Waals surface area contributed by atoms with Crippen molar-refractivity contribution < 1.29 is 14.3 Å². The summed E-state index contributed by atoms with van der Waals surface area (Å²) in [5, 5.41) is 0. The summed E-state index contributed by atoms with van der Waals surface area (Å²) < 4.78 is 11.0. The molecular formula is C17H16O3. The van der Waals surface area contributed by atoms with Crippen LogP contribution in [0.2, 0.25) is 0 Å². The minimum absolute atomic E-state index is 0.0290. The molecule has 20 heavy (non-hydrogen) atoms. The molecule has 1 fully saturated rings. The van der Waals surface area contributed by atoms with Gasteiger partial charge in [0.1, 0.15) is 11.9 Å². The van der Waals surface area contributed by atoms with E-state index in [9.17, 15) is 4.79 Å². The predicted octanol–water partition coefficient (Wildman–Crippen LogP) is 3.09. The fourth-order valence-electron chi connectivity index (χ4n) is 2.24. The van der Waals surface area contributed by atoms with E-state index in [0.29, 0.717) is 17.7 Å². The van der Waals surface area contributed by atoms with Crippen LogP contribution in [0, 0.1) is 0 Å². The molecule has 1 aliphatic rings. The Morgan fingerprint density at radius 2 is 1.70 bits per heavy atom. The Balaban J connectivity index is 1.71. The van der Waals surface area contributed by atoms with Crippen molar-refractivity contribution in [3.05, 3.63) is 65.7 Å². The fourth-order valence-corrected chi connectivity index (χ4v) is 2.24. The summed E-state index contributed by atoms with van der Waals surface area (Å²) in [7, 11) is 0. The number of carbonyl (C=O) groups excluding carboxylic acids is 1. The summed E-state index contributed by atoms with van der Waals surface area (Å²) in [5.41, 5.74) is 1.37. The molecule has 0 bridgehead atoms. The maximum absolute atomic E-state index is 12.2. The smallest absolute Gasteiger partial charge is 0.193 e. The lowest BCUT2D eigenvalue weighted by atomic mass is 10.0. The second kappa shape index (κ2) is 5.88. The fraction of sp³-hybridized carbons (Fsp3) is 0.235. The van der Waals surface area contributed by atoms with Gasteiger partial charge >= 0.3 is 0 Å². The van der Waals surface area contributed by atoms with Crippen LogP contribution in [0.4, 0.5) is 0 Å². The van der Waals surface area contributed by atoms with Crippen molar-refractivity contribution in [1.82, 2.24) is 0 Å². The molecule has 0 N–H and O–H groups in total. The maximum Gasteiger partial charge on any atom is 0.193 e. The monoisotopic (exact) mass is 268 g/mol. The summed E-state index contributed by atoms with van der Waals surface area (Å²) in [6.07, 6.45) is 1.05. The minimum atomic E-state index is 0.0290. The van der Waals surface area contributed by atoms with Crippen LogP contribution in [-0.2, 0) is 4.74 Å². The zero-order valence-corrected chi connectivity index (χ0v) is 11.1. The molecule has 1 atom stereocenters. The molecule has 1 saturated heterocycles. The van der Waals surface area contributed by atoms with Gasteiger partial charge in [0, 0.05) is 17.5 Å². The summed E-state index contributed by atoms with van der Waals surface area (Å²) in [6.45, 7) is 1.40.